The Hall–Kier alpha value is -1.90. The summed E-state index contributed by atoms with van der Waals surface area (Å²) in [6.45, 7) is 5.12. The van der Waals surface area contributed by atoms with Gasteiger partial charge in [0.25, 0.3) is 0 Å². The molecular weight excluding hydrogens is 335 g/mol. The Labute approximate surface area is 154 Å². The van der Waals surface area contributed by atoms with Gasteiger partial charge in [0, 0.05) is 39.1 Å². The van der Waals surface area contributed by atoms with Crippen LogP contribution in [-0.4, -0.2) is 72.1 Å². The fraction of sp³-hybridized carbons (Fsp3) is 0.556. The minimum absolute atomic E-state index is 0.0617. The zero-order valence-corrected chi connectivity index (χ0v) is 15.4. The lowest BCUT2D eigenvalue weighted by Gasteiger charge is -2.35. The van der Waals surface area contributed by atoms with Crippen LogP contribution in [0.4, 0.5) is 0 Å². The second-order valence-electron chi connectivity index (χ2n) is 6.69. The largest absolute Gasteiger partial charge is 0.488 e. The molecule has 142 valence electrons. The number of hydrogen-bond donors (Lipinski definition) is 2. The van der Waals surface area contributed by atoms with Gasteiger partial charge in [-0.3, -0.25) is 14.5 Å². The molecule has 0 radical (unpaired) electrons. The molecule has 1 fully saturated rings. The van der Waals surface area contributed by atoms with Crippen molar-refractivity contribution in [3.8, 4) is 0 Å². The van der Waals surface area contributed by atoms with E-state index in [0.717, 1.165) is 18.7 Å². The van der Waals surface area contributed by atoms with Crippen molar-refractivity contribution in [1.82, 2.24) is 9.80 Å². The van der Waals surface area contributed by atoms with Crippen LogP contribution in [0.3, 0.4) is 0 Å². The van der Waals surface area contributed by atoms with Gasteiger partial charge in [-0.2, -0.15) is 0 Å². The third-order valence-corrected chi connectivity index (χ3v) is 4.85. The van der Waals surface area contributed by atoms with Crippen molar-refractivity contribution < 1.29 is 24.4 Å². The standard InChI is InChI=1S/C18H27BN2O5/c1-14(18(23)26-2)7-8-17(22)21-11-9-20(10-12-21)13-15-5-3-4-6-16(15)19(24)25/h3-6,14,24-25H,7-13H2,1-2H3. The number of rotatable bonds is 7. The predicted molar refractivity (Wildman–Crippen MR) is 98.5 cm³/mol. The monoisotopic (exact) mass is 362 g/mol. The molecule has 0 aromatic heterocycles. The van der Waals surface area contributed by atoms with Crippen LogP contribution in [0.15, 0.2) is 24.3 Å². The van der Waals surface area contributed by atoms with Crippen LogP contribution in [0, 0.1) is 5.92 Å². The molecule has 1 amide bonds. The smallest absolute Gasteiger partial charge is 0.469 e. The van der Waals surface area contributed by atoms with Crippen LogP contribution in [0.5, 0.6) is 0 Å². The van der Waals surface area contributed by atoms with Crippen molar-refractivity contribution in [3.05, 3.63) is 29.8 Å². The Bertz CT molecular complexity index is 617. The zero-order chi connectivity index (χ0) is 19.1. The lowest BCUT2D eigenvalue weighted by molar-refractivity contribution is -0.145. The molecule has 8 heteroatoms. The number of piperazine rings is 1. The second-order valence-corrected chi connectivity index (χ2v) is 6.69. The van der Waals surface area contributed by atoms with E-state index in [-0.39, 0.29) is 17.8 Å². The van der Waals surface area contributed by atoms with Gasteiger partial charge in [0.1, 0.15) is 0 Å². The van der Waals surface area contributed by atoms with Crippen LogP contribution in [0.25, 0.3) is 0 Å². The Kier molecular flexibility index (Phi) is 7.62. The number of ether oxygens (including phenoxy) is 1. The summed E-state index contributed by atoms with van der Waals surface area (Å²) in [5.41, 5.74) is 1.40. The van der Waals surface area contributed by atoms with Gasteiger partial charge in [0.2, 0.25) is 5.91 Å². The molecule has 1 aliphatic heterocycles. The number of carbonyl (C=O) groups is 2. The SMILES string of the molecule is COC(=O)C(C)CCC(=O)N1CCN(Cc2ccccc2B(O)O)CC1. The second kappa shape index (κ2) is 9.71. The highest BCUT2D eigenvalue weighted by atomic mass is 16.5. The van der Waals surface area contributed by atoms with E-state index in [1.165, 1.54) is 7.11 Å². The van der Waals surface area contributed by atoms with E-state index in [1.807, 2.05) is 17.0 Å². The summed E-state index contributed by atoms with van der Waals surface area (Å²) in [6.07, 6.45) is 0.837. The highest BCUT2D eigenvalue weighted by Gasteiger charge is 2.24. The molecule has 0 saturated carbocycles. The quantitative estimate of drug-likeness (QED) is 0.507. The number of esters is 1. The van der Waals surface area contributed by atoms with E-state index in [1.54, 1.807) is 19.1 Å². The zero-order valence-electron chi connectivity index (χ0n) is 15.4. The normalized spacial score (nSPS) is 16.2. The van der Waals surface area contributed by atoms with Crippen molar-refractivity contribution in [2.75, 3.05) is 33.3 Å². The first-order valence-electron chi connectivity index (χ1n) is 8.94. The maximum atomic E-state index is 12.3. The lowest BCUT2D eigenvalue weighted by Crippen LogP contribution is -2.49. The first-order valence-corrected chi connectivity index (χ1v) is 8.94. The van der Waals surface area contributed by atoms with Gasteiger partial charge >= 0.3 is 13.1 Å². The van der Waals surface area contributed by atoms with Crippen molar-refractivity contribution in [2.45, 2.75) is 26.3 Å². The molecule has 0 bridgehead atoms. The molecule has 1 aromatic carbocycles. The summed E-state index contributed by atoms with van der Waals surface area (Å²) < 4.78 is 4.68. The van der Waals surface area contributed by atoms with E-state index in [0.29, 0.717) is 37.9 Å². The molecule has 1 atom stereocenters. The molecule has 7 nitrogen and oxygen atoms in total. The highest BCUT2D eigenvalue weighted by molar-refractivity contribution is 6.59. The summed E-state index contributed by atoms with van der Waals surface area (Å²) in [5.74, 6) is -0.495. The molecule has 2 rings (SSSR count). The number of benzene rings is 1. The van der Waals surface area contributed by atoms with E-state index in [2.05, 4.69) is 9.64 Å². The Balaban J connectivity index is 1.80. The fourth-order valence-electron chi connectivity index (χ4n) is 3.14. The van der Waals surface area contributed by atoms with Gasteiger partial charge in [0.15, 0.2) is 0 Å². The van der Waals surface area contributed by atoms with Gasteiger partial charge < -0.3 is 19.7 Å². The predicted octanol–water partition coefficient (Wildman–Crippen LogP) is -0.400. The van der Waals surface area contributed by atoms with Crippen LogP contribution >= 0.6 is 0 Å². The van der Waals surface area contributed by atoms with Gasteiger partial charge in [-0.25, -0.2) is 0 Å². The molecule has 2 N–H and O–H groups in total. The Morgan fingerprint density at radius 3 is 2.46 bits per heavy atom. The summed E-state index contributed by atoms with van der Waals surface area (Å²) in [5, 5.41) is 18.9. The maximum absolute atomic E-state index is 12.3. The topological polar surface area (TPSA) is 90.3 Å². The molecule has 1 aliphatic rings. The maximum Gasteiger partial charge on any atom is 0.488 e. The van der Waals surface area contributed by atoms with Gasteiger partial charge in [0.05, 0.1) is 13.0 Å². The molecule has 1 unspecified atom stereocenters. The lowest BCUT2D eigenvalue weighted by atomic mass is 9.77. The van der Waals surface area contributed by atoms with Crippen LogP contribution in [0.1, 0.15) is 25.3 Å². The van der Waals surface area contributed by atoms with Crippen molar-refractivity contribution in [1.29, 1.82) is 0 Å². The van der Waals surface area contributed by atoms with Crippen molar-refractivity contribution in [2.24, 2.45) is 5.92 Å². The van der Waals surface area contributed by atoms with Crippen molar-refractivity contribution >= 4 is 24.5 Å². The van der Waals surface area contributed by atoms with Crippen LogP contribution in [0.2, 0.25) is 0 Å². The average Bonchev–Trinajstić information content (AvgIpc) is 2.66. The first kappa shape index (κ1) is 20.4. The summed E-state index contributed by atoms with van der Waals surface area (Å²) in [4.78, 5) is 27.7. The number of amides is 1. The molecule has 1 saturated heterocycles. The molecule has 1 heterocycles. The third-order valence-electron chi connectivity index (χ3n) is 4.85. The molecule has 0 aliphatic carbocycles. The minimum atomic E-state index is -1.48. The van der Waals surface area contributed by atoms with Crippen LogP contribution in [-0.2, 0) is 20.9 Å². The number of nitrogens with zero attached hydrogens (tertiary/aromatic N) is 2. The Morgan fingerprint density at radius 2 is 1.85 bits per heavy atom. The molecule has 26 heavy (non-hydrogen) atoms. The Morgan fingerprint density at radius 1 is 1.19 bits per heavy atom. The average molecular weight is 362 g/mol. The van der Waals surface area contributed by atoms with E-state index in [4.69, 9.17) is 0 Å². The van der Waals surface area contributed by atoms with Crippen molar-refractivity contribution in [3.63, 3.8) is 0 Å². The fourth-order valence-corrected chi connectivity index (χ4v) is 3.14. The highest BCUT2D eigenvalue weighted by Crippen LogP contribution is 2.12. The van der Waals surface area contributed by atoms with Crippen LogP contribution < -0.4 is 5.46 Å². The van der Waals surface area contributed by atoms with Gasteiger partial charge in [-0.05, 0) is 17.4 Å². The summed E-state index contributed by atoms with van der Waals surface area (Å²) >= 11 is 0. The number of methoxy groups -OCH3 is 1. The number of carbonyl (C=O) groups excluding carboxylic acids is 2. The van der Waals surface area contributed by atoms with E-state index >= 15 is 0 Å². The van der Waals surface area contributed by atoms with E-state index < -0.39 is 7.12 Å². The number of hydrogen-bond acceptors (Lipinski definition) is 6. The molecule has 0 spiro atoms. The first-order chi connectivity index (χ1) is 12.4. The molecular formula is C18H27BN2O5. The van der Waals surface area contributed by atoms with Gasteiger partial charge in [-0.1, -0.05) is 31.2 Å². The minimum Gasteiger partial charge on any atom is -0.469 e. The summed E-state index contributed by atoms with van der Waals surface area (Å²) in [6, 6.07) is 7.26. The summed E-state index contributed by atoms with van der Waals surface area (Å²) in [7, 11) is -0.126. The van der Waals surface area contributed by atoms with E-state index in [9.17, 15) is 19.6 Å². The molecule has 1 aromatic rings. The van der Waals surface area contributed by atoms with Gasteiger partial charge in [-0.15, -0.1) is 0 Å². The third kappa shape index (κ3) is 5.55.